The van der Waals surface area contributed by atoms with Crippen LogP contribution in [-0.4, -0.2) is 37.0 Å². The van der Waals surface area contributed by atoms with Crippen molar-refractivity contribution in [1.29, 1.82) is 0 Å². The highest BCUT2D eigenvalue weighted by Gasteiger charge is 2.26. The van der Waals surface area contributed by atoms with E-state index < -0.39 is 5.97 Å². The minimum Gasteiger partial charge on any atom is -0.492 e. The van der Waals surface area contributed by atoms with E-state index in [2.05, 4.69) is 32.0 Å². The van der Waals surface area contributed by atoms with Crippen LogP contribution in [-0.2, 0) is 16.1 Å². The standard InChI is InChI=1S/C29H29ClO6/c1-17-9-24(36-23-7-8-33-16-23)10-18(2)29(17)19-3-6-26(30)21(11-19)15-34-22-4-5-25-20(12-28(31)32)14-35-27(25)13-22/h3-6,9-11,13,20,23H,7-8,12,14-16H2,1-2H3,(H,31,32)/t20?,23-/m0/s1. The Morgan fingerprint density at radius 3 is 2.58 bits per heavy atom. The Hall–Kier alpha value is -3.22. The van der Waals surface area contributed by atoms with Crippen LogP contribution in [0.5, 0.6) is 17.2 Å². The lowest BCUT2D eigenvalue weighted by atomic mass is 9.94. The molecule has 3 aromatic carbocycles. The third-order valence-electron chi connectivity index (χ3n) is 6.71. The van der Waals surface area contributed by atoms with E-state index in [1.165, 1.54) is 0 Å². The number of halogens is 1. The molecule has 0 amide bonds. The van der Waals surface area contributed by atoms with Crippen molar-refractivity contribution in [2.45, 2.75) is 45.3 Å². The summed E-state index contributed by atoms with van der Waals surface area (Å²) >= 11 is 6.52. The molecule has 2 heterocycles. The van der Waals surface area contributed by atoms with E-state index in [0.717, 1.165) is 52.2 Å². The van der Waals surface area contributed by atoms with Crippen molar-refractivity contribution >= 4 is 17.6 Å². The van der Waals surface area contributed by atoms with E-state index in [0.29, 0.717) is 36.3 Å². The number of hydrogen-bond donors (Lipinski definition) is 1. The first-order valence-corrected chi connectivity index (χ1v) is 12.5. The molecule has 2 aliphatic heterocycles. The van der Waals surface area contributed by atoms with Crippen LogP contribution in [0.25, 0.3) is 11.1 Å². The van der Waals surface area contributed by atoms with Crippen LogP contribution in [0.4, 0.5) is 0 Å². The summed E-state index contributed by atoms with van der Waals surface area (Å²) in [6.07, 6.45) is 1.08. The average Bonchev–Trinajstić information content (AvgIpc) is 3.48. The molecule has 0 saturated carbocycles. The molecule has 1 N–H and O–H groups in total. The maximum atomic E-state index is 11.1. The Labute approximate surface area is 215 Å². The molecule has 0 radical (unpaired) electrons. The summed E-state index contributed by atoms with van der Waals surface area (Å²) < 4.78 is 23.3. The molecule has 1 unspecified atom stereocenters. The Balaban J connectivity index is 1.31. The van der Waals surface area contributed by atoms with Crippen molar-refractivity contribution in [3.63, 3.8) is 0 Å². The molecule has 188 valence electrons. The number of hydrogen-bond acceptors (Lipinski definition) is 5. The van der Waals surface area contributed by atoms with Crippen molar-refractivity contribution < 1.29 is 28.8 Å². The number of fused-ring (bicyclic) bond motifs is 1. The van der Waals surface area contributed by atoms with Crippen LogP contribution in [0.15, 0.2) is 48.5 Å². The number of carbonyl (C=O) groups is 1. The average molecular weight is 509 g/mol. The fraction of sp³-hybridized carbons (Fsp3) is 0.345. The Kier molecular flexibility index (Phi) is 7.08. The van der Waals surface area contributed by atoms with Gasteiger partial charge in [-0.05, 0) is 66.4 Å². The van der Waals surface area contributed by atoms with E-state index in [1.807, 2.05) is 30.3 Å². The number of rotatable bonds is 8. The molecule has 2 atom stereocenters. The van der Waals surface area contributed by atoms with Crippen LogP contribution in [0.2, 0.25) is 5.02 Å². The first kappa shape index (κ1) is 24.5. The first-order valence-electron chi connectivity index (χ1n) is 12.1. The van der Waals surface area contributed by atoms with Crippen LogP contribution < -0.4 is 14.2 Å². The molecule has 0 bridgehead atoms. The highest BCUT2D eigenvalue weighted by molar-refractivity contribution is 6.31. The SMILES string of the molecule is Cc1cc(O[C@H]2CCOC2)cc(C)c1-c1ccc(Cl)c(COc2ccc3c(c2)OCC3CC(=O)O)c1. The number of ether oxygens (including phenoxy) is 4. The summed E-state index contributed by atoms with van der Waals surface area (Å²) in [6, 6.07) is 15.7. The van der Waals surface area contributed by atoms with Crippen LogP contribution in [0, 0.1) is 13.8 Å². The first-order chi connectivity index (χ1) is 17.4. The molecule has 5 rings (SSSR count). The van der Waals surface area contributed by atoms with E-state index in [4.69, 9.17) is 35.7 Å². The van der Waals surface area contributed by atoms with E-state index in [9.17, 15) is 4.79 Å². The second-order valence-electron chi connectivity index (χ2n) is 9.44. The molecule has 0 spiro atoms. The summed E-state index contributed by atoms with van der Waals surface area (Å²) in [4.78, 5) is 11.1. The lowest BCUT2D eigenvalue weighted by molar-refractivity contribution is -0.137. The number of carboxylic acids is 1. The van der Waals surface area contributed by atoms with Gasteiger partial charge in [0.2, 0.25) is 0 Å². The van der Waals surface area contributed by atoms with Crippen molar-refractivity contribution in [2.75, 3.05) is 19.8 Å². The summed E-state index contributed by atoms with van der Waals surface area (Å²) in [5.41, 5.74) is 6.26. The third-order valence-corrected chi connectivity index (χ3v) is 7.08. The molecular formula is C29H29ClO6. The van der Waals surface area contributed by atoms with Crippen LogP contribution >= 0.6 is 11.6 Å². The summed E-state index contributed by atoms with van der Waals surface area (Å²) in [7, 11) is 0. The maximum absolute atomic E-state index is 11.1. The smallest absolute Gasteiger partial charge is 0.304 e. The van der Waals surface area contributed by atoms with Gasteiger partial charge < -0.3 is 24.1 Å². The van der Waals surface area contributed by atoms with Gasteiger partial charge in [-0.2, -0.15) is 0 Å². The monoisotopic (exact) mass is 508 g/mol. The predicted molar refractivity (Wildman–Crippen MR) is 137 cm³/mol. The minimum atomic E-state index is -0.831. The molecule has 2 aliphatic rings. The Bertz CT molecular complexity index is 1260. The maximum Gasteiger partial charge on any atom is 0.304 e. The molecule has 6 nitrogen and oxygen atoms in total. The fourth-order valence-electron chi connectivity index (χ4n) is 4.97. The van der Waals surface area contributed by atoms with Gasteiger partial charge >= 0.3 is 5.97 Å². The van der Waals surface area contributed by atoms with Crippen LogP contribution in [0.3, 0.4) is 0 Å². The van der Waals surface area contributed by atoms with Crippen LogP contribution in [0.1, 0.15) is 41.0 Å². The predicted octanol–water partition coefficient (Wildman–Crippen LogP) is 6.32. The summed E-state index contributed by atoms with van der Waals surface area (Å²) in [6.45, 7) is 6.24. The van der Waals surface area contributed by atoms with Crippen molar-refractivity contribution in [3.8, 4) is 28.4 Å². The molecule has 1 saturated heterocycles. The highest BCUT2D eigenvalue weighted by atomic mass is 35.5. The third kappa shape index (κ3) is 5.30. The van der Waals surface area contributed by atoms with Crippen molar-refractivity contribution in [2.24, 2.45) is 0 Å². The molecule has 1 fully saturated rings. The van der Waals surface area contributed by atoms with Gasteiger partial charge in [0.25, 0.3) is 0 Å². The number of benzene rings is 3. The van der Waals surface area contributed by atoms with Crippen molar-refractivity contribution in [3.05, 3.63) is 75.8 Å². The molecule has 7 heteroatoms. The van der Waals surface area contributed by atoms with Gasteiger partial charge in [-0.15, -0.1) is 0 Å². The number of aryl methyl sites for hydroxylation is 2. The molecule has 0 aromatic heterocycles. The second kappa shape index (κ2) is 10.4. The zero-order valence-electron chi connectivity index (χ0n) is 20.4. The van der Waals surface area contributed by atoms with Gasteiger partial charge in [0.05, 0.1) is 26.2 Å². The van der Waals surface area contributed by atoms with Gasteiger partial charge in [0.15, 0.2) is 0 Å². The lowest BCUT2D eigenvalue weighted by Gasteiger charge is -2.17. The van der Waals surface area contributed by atoms with Gasteiger partial charge in [-0.25, -0.2) is 0 Å². The van der Waals surface area contributed by atoms with E-state index in [1.54, 1.807) is 0 Å². The highest BCUT2D eigenvalue weighted by Crippen LogP contribution is 2.39. The van der Waals surface area contributed by atoms with Gasteiger partial charge in [0.1, 0.15) is 30.0 Å². The molecule has 3 aromatic rings. The van der Waals surface area contributed by atoms with E-state index in [-0.39, 0.29) is 18.4 Å². The zero-order chi connectivity index (χ0) is 25.2. The second-order valence-corrected chi connectivity index (χ2v) is 9.84. The topological polar surface area (TPSA) is 74.2 Å². The molecule has 0 aliphatic carbocycles. The molecule has 36 heavy (non-hydrogen) atoms. The van der Waals surface area contributed by atoms with Gasteiger partial charge in [-0.1, -0.05) is 23.7 Å². The summed E-state index contributed by atoms with van der Waals surface area (Å²) in [5.74, 6) is 1.23. The van der Waals surface area contributed by atoms with Gasteiger partial charge in [-0.3, -0.25) is 4.79 Å². The number of aliphatic carboxylic acids is 1. The fourth-order valence-corrected chi connectivity index (χ4v) is 5.15. The van der Waals surface area contributed by atoms with E-state index >= 15 is 0 Å². The Morgan fingerprint density at radius 1 is 1.06 bits per heavy atom. The minimum absolute atomic E-state index is 0.0521. The van der Waals surface area contributed by atoms with Crippen molar-refractivity contribution in [1.82, 2.24) is 0 Å². The quantitative estimate of drug-likeness (QED) is 0.383. The normalized spacial score (nSPS) is 18.5. The Morgan fingerprint density at radius 2 is 1.86 bits per heavy atom. The lowest BCUT2D eigenvalue weighted by Crippen LogP contribution is -2.15. The number of carboxylic acid groups (broad SMARTS) is 1. The molecular weight excluding hydrogens is 480 g/mol. The largest absolute Gasteiger partial charge is 0.492 e. The van der Waals surface area contributed by atoms with Gasteiger partial charge in [0, 0.05) is 34.6 Å². The summed E-state index contributed by atoms with van der Waals surface area (Å²) in [5, 5.41) is 9.73. The zero-order valence-corrected chi connectivity index (χ0v) is 21.1.